The molecule has 0 aromatic heterocycles. The van der Waals surface area contributed by atoms with E-state index in [1.165, 1.54) is 0 Å². The fourth-order valence-corrected chi connectivity index (χ4v) is 6.74. The minimum Gasteiger partial charge on any atom is -0.481 e. The number of morpholine rings is 1. The van der Waals surface area contributed by atoms with Crippen LogP contribution < -0.4 is 0 Å². The van der Waals surface area contributed by atoms with Crippen LogP contribution in [-0.2, 0) is 23.9 Å². The number of carboxylic acids is 1. The van der Waals surface area contributed by atoms with E-state index in [0.717, 1.165) is 13.1 Å². The number of amides is 2. The third-order valence-electron chi connectivity index (χ3n) is 8.57. The molecule has 4 heterocycles. The van der Waals surface area contributed by atoms with Gasteiger partial charge in [0.05, 0.1) is 24.7 Å². The molecule has 0 aromatic rings. The normalized spacial score (nSPS) is 36.4. The average Bonchev–Trinajstić information content (AvgIpc) is 3.34. The number of rotatable bonds is 11. The number of carbonyl (C=O) groups is 3. The van der Waals surface area contributed by atoms with Crippen molar-refractivity contribution in [2.75, 3.05) is 59.1 Å². The van der Waals surface area contributed by atoms with Gasteiger partial charge in [0.1, 0.15) is 17.6 Å². The molecule has 1 spiro atoms. The molecule has 3 unspecified atom stereocenters. The highest BCUT2D eigenvalue weighted by atomic mass is 16.5. The lowest BCUT2D eigenvalue weighted by atomic mass is 9.62. The Bertz CT molecular complexity index is 847. The zero-order chi connectivity index (χ0) is 25.4. The summed E-state index contributed by atoms with van der Waals surface area (Å²) in [6.07, 6.45) is 3.15. The second kappa shape index (κ2) is 10.2. The van der Waals surface area contributed by atoms with Crippen molar-refractivity contribution in [3.8, 4) is 0 Å². The molecule has 10 heteroatoms. The Morgan fingerprint density at radius 3 is 2.60 bits per heavy atom. The topological polar surface area (TPSA) is 120 Å². The smallest absolute Gasteiger partial charge is 0.310 e. The Hall–Kier alpha value is -2.01. The third kappa shape index (κ3) is 4.28. The molecule has 35 heavy (non-hydrogen) atoms. The Morgan fingerprint density at radius 1 is 1.26 bits per heavy atom. The van der Waals surface area contributed by atoms with Crippen LogP contribution in [0.15, 0.2) is 12.7 Å². The van der Waals surface area contributed by atoms with Gasteiger partial charge in [0.25, 0.3) is 0 Å². The number of hydrogen-bond donors (Lipinski definition) is 2. The van der Waals surface area contributed by atoms with Crippen LogP contribution in [0.5, 0.6) is 0 Å². The van der Waals surface area contributed by atoms with Crippen molar-refractivity contribution in [3.05, 3.63) is 12.7 Å². The average molecular weight is 494 g/mol. The first-order chi connectivity index (χ1) is 16.7. The molecule has 4 fully saturated rings. The van der Waals surface area contributed by atoms with Crippen LogP contribution in [0.25, 0.3) is 0 Å². The van der Waals surface area contributed by atoms with Crippen molar-refractivity contribution < 1.29 is 34.1 Å². The summed E-state index contributed by atoms with van der Waals surface area (Å²) in [4.78, 5) is 45.8. The van der Waals surface area contributed by atoms with E-state index < -0.39 is 35.0 Å². The van der Waals surface area contributed by atoms with Gasteiger partial charge in [0.2, 0.25) is 11.8 Å². The predicted octanol–water partition coefficient (Wildman–Crippen LogP) is 0.201. The molecule has 4 saturated heterocycles. The van der Waals surface area contributed by atoms with E-state index in [-0.39, 0.29) is 30.9 Å². The molecule has 0 aliphatic carbocycles. The van der Waals surface area contributed by atoms with Crippen molar-refractivity contribution in [1.82, 2.24) is 14.7 Å². The van der Waals surface area contributed by atoms with Gasteiger partial charge in [-0.15, -0.1) is 6.58 Å². The molecule has 0 aromatic carbocycles. The molecule has 6 atom stereocenters. The number of hydrogen-bond acceptors (Lipinski definition) is 7. The van der Waals surface area contributed by atoms with Gasteiger partial charge in [-0.3, -0.25) is 19.3 Å². The Balaban J connectivity index is 1.65. The summed E-state index contributed by atoms with van der Waals surface area (Å²) in [5, 5.41) is 19.4. The number of carboxylic acid groups (broad SMARTS) is 1. The Labute approximate surface area is 206 Å². The van der Waals surface area contributed by atoms with Crippen LogP contribution in [0.1, 0.15) is 33.1 Å². The van der Waals surface area contributed by atoms with E-state index in [4.69, 9.17) is 9.47 Å². The monoisotopic (exact) mass is 493 g/mol. The molecule has 4 aliphatic heterocycles. The van der Waals surface area contributed by atoms with Crippen LogP contribution in [0, 0.1) is 17.8 Å². The first-order valence-electron chi connectivity index (χ1n) is 12.8. The summed E-state index contributed by atoms with van der Waals surface area (Å²) in [6.45, 7) is 12.2. The molecular weight excluding hydrogens is 454 g/mol. The van der Waals surface area contributed by atoms with Gasteiger partial charge in [-0.1, -0.05) is 13.0 Å². The van der Waals surface area contributed by atoms with Crippen molar-refractivity contribution in [1.29, 1.82) is 0 Å². The standard InChI is InChI=1S/C25H39N3O7/c1-4-7-27(10-9-26-11-14-34-15-12-26)22(31)20-25-16-17(2)24(3,35-25)19(23(32)33)18(25)21(30)28(20)8-5-6-13-29/h4,17-20,29H,1,5-16H2,2-3H3,(H,32,33)/t17?,18-,19+,20?,24-,25?/m0/s1. The third-order valence-corrected chi connectivity index (χ3v) is 8.57. The predicted molar refractivity (Wildman–Crippen MR) is 126 cm³/mol. The quantitative estimate of drug-likeness (QED) is 0.310. The number of aliphatic carboxylic acids is 1. The number of aliphatic hydroxyl groups excluding tert-OH is 1. The fraction of sp³-hybridized carbons (Fsp3) is 0.800. The van der Waals surface area contributed by atoms with Crippen molar-refractivity contribution in [2.24, 2.45) is 17.8 Å². The van der Waals surface area contributed by atoms with Gasteiger partial charge < -0.3 is 29.5 Å². The largest absolute Gasteiger partial charge is 0.481 e. The number of carbonyl (C=O) groups excluding carboxylic acids is 2. The van der Waals surface area contributed by atoms with Crippen LogP contribution in [0.4, 0.5) is 0 Å². The highest BCUT2D eigenvalue weighted by Gasteiger charge is 2.80. The highest BCUT2D eigenvalue weighted by molar-refractivity contribution is 5.98. The maximum Gasteiger partial charge on any atom is 0.310 e. The van der Waals surface area contributed by atoms with E-state index in [2.05, 4.69) is 11.5 Å². The zero-order valence-electron chi connectivity index (χ0n) is 20.9. The lowest BCUT2D eigenvalue weighted by Crippen LogP contribution is -2.57. The number of unbranched alkanes of at least 4 members (excludes halogenated alkanes) is 1. The molecule has 10 nitrogen and oxygen atoms in total. The van der Waals surface area contributed by atoms with Gasteiger partial charge in [0.15, 0.2) is 0 Å². The molecule has 2 N–H and O–H groups in total. The number of nitrogens with zero attached hydrogens (tertiary/aromatic N) is 3. The first-order valence-corrected chi connectivity index (χ1v) is 12.8. The van der Waals surface area contributed by atoms with Gasteiger partial charge in [0, 0.05) is 45.9 Å². The summed E-state index contributed by atoms with van der Waals surface area (Å²) in [5.74, 6) is -3.61. The zero-order valence-corrected chi connectivity index (χ0v) is 20.9. The van der Waals surface area contributed by atoms with Crippen molar-refractivity contribution in [3.63, 3.8) is 0 Å². The van der Waals surface area contributed by atoms with Crippen LogP contribution in [-0.4, -0.2) is 119 Å². The molecule has 2 bridgehead atoms. The molecule has 4 rings (SSSR count). The van der Waals surface area contributed by atoms with Gasteiger partial charge in [-0.05, 0) is 32.1 Å². The summed E-state index contributed by atoms with van der Waals surface area (Å²) < 4.78 is 11.9. The molecular formula is C25H39N3O7. The Morgan fingerprint density at radius 2 is 1.97 bits per heavy atom. The van der Waals surface area contributed by atoms with E-state index in [0.29, 0.717) is 52.1 Å². The fourth-order valence-electron chi connectivity index (χ4n) is 6.74. The second-order valence-corrected chi connectivity index (χ2v) is 10.5. The highest BCUT2D eigenvalue weighted by Crippen LogP contribution is 2.65. The summed E-state index contributed by atoms with van der Waals surface area (Å²) >= 11 is 0. The summed E-state index contributed by atoms with van der Waals surface area (Å²) in [7, 11) is 0. The lowest BCUT2D eigenvalue weighted by molar-refractivity contribution is -0.158. The maximum atomic E-state index is 14.2. The van der Waals surface area contributed by atoms with Crippen LogP contribution in [0.2, 0.25) is 0 Å². The minimum absolute atomic E-state index is 0.0132. The minimum atomic E-state index is -1.16. The van der Waals surface area contributed by atoms with Gasteiger partial charge >= 0.3 is 5.97 Å². The number of ether oxygens (including phenoxy) is 2. The van der Waals surface area contributed by atoms with Gasteiger partial charge in [-0.25, -0.2) is 0 Å². The van der Waals surface area contributed by atoms with E-state index >= 15 is 0 Å². The molecule has 196 valence electrons. The van der Waals surface area contributed by atoms with Crippen LogP contribution in [0.3, 0.4) is 0 Å². The summed E-state index contributed by atoms with van der Waals surface area (Å²) in [5.41, 5.74) is -2.16. The second-order valence-electron chi connectivity index (χ2n) is 10.5. The van der Waals surface area contributed by atoms with Crippen molar-refractivity contribution in [2.45, 2.75) is 50.4 Å². The molecule has 4 aliphatic rings. The summed E-state index contributed by atoms with van der Waals surface area (Å²) in [6, 6.07) is -0.892. The molecule has 0 radical (unpaired) electrons. The lowest BCUT2D eigenvalue weighted by Gasteiger charge is -2.38. The van der Waals surface area contributed by atoms with Crippen LogP contribution >= 0.6 is 0 Å². The van der Waals surface area contributed by atoms with E-state index in [9.17, 15) is 24.6 Å². The molecule has 0 saturated carbocycles. The number of fused-ring (bicyclic) bond motifs is 1. The van der Waals surface area contributed by atoms with Gasteiger partial charge in [-0.2, -0.15) is 0 Å². The van der Waals surface area contributed by atoms with E-state index in [1.54, 1.807) is 22.8 Å². The SMILES string of the molecule is C=CCN(CCN1CCOCC1)C(=O)C1N(CCCCO)C(=O)[C@@H]2[C@H](C(=O)O)[C@@]3(C)OC12CC3C. The van der Waals surface area contributed by atoms with E-state index in [1.807, 2.05) is 6.92 Å². The number of aliphatic hydroxyl groups is 1. The molecule has 2 amide bonds. The first kappa shape index (κ1) is 26.1. The maximum absolute atomic E-state index is 14.2. The number of likely N-dealkylation sites (tertiary alicyclic amines) is 1. The Kier molecular flexibility index (Phi) is 7.57. The van der Waals surface area contributed by atoms with Crippen molar-refractivity contribution >= 4 is 17.8 Å².